The molecule has 1 unspecified atom stereocenters. The molecule has 0 saturated carbocycles. The third-order valence-electron chi connectivity index (χ3n) is 5.18. The van der Waals surface area contributed by atoms with Crippen LogP contribution >= 0.6 is 0 Å². The largest absolute Gasteiger partial charge is 0.497 e. The standard InChI is InChI=1S/C22H27N3O5S/c1-4-20(25(31(3,28)29)18-11-13-19(30-2)14-12-18)22(27)23-16-7-9-17(10-8-16)24-15-5-6-21(24)26/h7-14,20H,4-6,15H2,1-3H3,(H,23,27). The number of nitrogens with zero attached hydrogens (tertiary/aromatic N) is 2. The molecule has 1 heterocycles. The second-order valence-corrected chi connectivity index (χ2v) is 9.23. The van der Waals surface area contributed by atoms with Crippen LogP contribution in [0.3, 0.4) is 0 Å². The minimum Gasteiger partial charge on any atom is -0.497 e. The molecule has 1 aliphatic heterocycles. The Morgan fingerprint density at radius 2 is 1.81 bits per heavy atom. The van der Waals surface area contributed by atoms with Crippen molar-refractivity contribution < 1.29 is 22.7 Å². The van der Waals surface area contributed by atoms with Crippen LogP contribution in [0.15, 0.2) is 48.5 Å². The van der Waals surface area contributed by atoms with E-state index in [-0.39, 0.29) is 12.3 Å². The Morgan fingerprint density at radius 3 is 2.29 bits per heavy atom. The van der Waals surface area contributed by atoms with Gasteiger partial charge in [-0.05, 0) is 61.4 Å². The Balaban J connectivity index is 1.80. The number of ether oxygens (including phenoxy) is 1. The van der Waals surface area contributed by atoms with Gasteiger partial charge in [0.25, 0.3) is 0 Å². The number of hydrogen-bond acceptors (Lipinski definition) is 5. The summed E-state index contributed by atoms with van der Waals surface area (Å²) < 4.78 is 31.3. The molecular formula is C22H27N3O5S. The molecule has 0 aromatic heterocycles. The predicted octanol–water partition coefficient (Wildman–Crippen LogP) is 3.01. The zero-order chi connectivity index (χ0) is 22.6. The average Bonchev–Trinajstić information content (AvgIpc) is 3.17. The van der Waals surface area contributed by atoms with E-state index in [0.29, 0.717) is 30.1 Å². The summed E-state index contributed by atoms with van der Waals surface area (Å²) in [4.78, 5) is 26.6. The Morgan fingerprint density at radius 1 is 1.16 bits per heavy atom. The highest BCUT2D eigenvalue weighted by Crippen LogP contribution is 2.27. The van der Waals surface area contributed by atoms with Gasteiger partial charge in [-0.25, -0.2) is 8.42 Å². The van der Waals surface area contributed by atoms with Gasteiger partial charge in [0.2, 0.25) is 21.8 Å². The molecule has 2 aromatic rings. The highest BCUT2D eigenvalue weighted by molar-refractivity contribution is 7.92. The lowest BCUT2D eigenvalue weighted by molar-refractivity contribution is -0.118. The Labute approximate surface area is 182 Å². The van der Waals surface area contributed by atoms with Crippen molar-refractivity contribution in [1.29, 1.82) is 0 Å². The van der Waals surface area contributed by atoms with Crippen molar-refractivity contribution in [3.8, 4) is 5.75 Å². The number of methoxy groups -OCH3 is 1. The van der Waals surface area contributed by atoms with Gasteiger partial charge < -0.3 is 15.0 Å². The topological polar surface area (TPSA) is 96.0 Å². The second-order valence-electron chi connectivity index (χ2n) is 7.37. The molecule has 8 nitrogen and oxygen atoms in total. The zero-order valence-corrected chi connectivity index (χ0v) is 18.7. The molecule has 1 fully saturated rings. The number of nitrogens with one attached hydrogen (secondary N) is 1. The van der Waals surface area contributed by atoms with E-state index >= 15 is 0 Å². The van der Waals surface area contributed by atoms with Gasteiger partial charge in [0, 0.05) is 24.3 Å². The van der Waals surface area contributed by atoms with Gasteiger partial charge in [-0.1, -0.05) is 6.92 Å². The maximum absolute atomic E-state index is 13.0. The van der Waals surface area contributed by atoms with Crippen molar-refractivity contribution in [3.05, 3.63) is 48.5 Å². The Hall–Kier alpha value is -3.07. The lowest BCUT2D eigenvalue weighted by Crippen LogP contribution is -2.47. The molecule has 9 heteroatoms. The number of anilines is 3. The molecule has 2 amide bonds. The summed E-state index contributed by atoms with van der Waals surface area (Å²) in [6, 6.07) is 12.6. The SMILES string of the molecule is CCC(C(=O)Nc1ccc(N2CCCC2=O)cc1)N(c1ccc(OC)cc1)S(C)(=O)=O. The first-order valence-electron chi connectivity index (χ1n) is 10.1. The minimum absolute atomic E-state index is 0.0890. The van der Waals surface area contributed by atoms with Gasteiger partial charge in [0.05, 0.1) is 19.1 Å². The summed E-state index contributed by atoms with van der Waals surface area (Å²) in [5, 5.41) is 2.79. The fourth-order valence-electron chi connectivity index (χ4n) is 3.66. The van der Waals surface area contributed by atoms with E-state index in [2.05, 4.69) is 5.32 Å². The van der Waals surface area contributed by atoms with E-state index in [0.717, 1.165) is 22.7 Å². The van der Waals surface area contributed by atoms with Crippen LogP contribution in [0.4, 0.5) is 17.1 Å². The summed E-state index contributed by atoms with van der Waals surface area (Å²) in [7, 11) is -2.20. The van der Waals surface area contributed by atoms with Crippen molar-refractivity contribution in [2.45, 2.75) is 32.2 Å². The fraction of sp³-hybridized carbons (Fsp3) is 0.364. The molecule has 166 valence electrons. The van der Waals surface area contributed by atoms with Gasteiger partial charge in [0.15, 0.2) is 0 Å². The number of rotatable bonds is 8. The molecule has 0 spiro atoms. The predicted molar refractivity (Wildman–Crippen MR) is 121 cm³/mol. The van der Waals surface area contributed by atoms with E-state index in [1.54, 1.807) is 60.4 Å². The molecule has 0 bridgehead atoms. The van der Waals surface area contributed by atoms with Crippen LogP contribution in [-0.2, 0) is 19.6 Å². The van der Waals surface area contributed by atoms with Crippen molar-refractivity contribution in [2.75, 3.05) is 34.4 Å². The Bertz CT molecular complexity index is 1040. The summed E-state index contributed by atoms with van der Waals surface area (Å²) >= 11 is 0. The smallest absolute Gasteiger partial charge is 0.248 e. The van der Waals surface area contributed by atoms with Crippen LogP contribution < -0.4 is 19.3 Å². The monoisotopic (exact) mass is 445 g/mol. The maximum atomic E-state index is 13.0. The summed E-state index contributed by atoms with van der Waals surface area (Å²) in [5.41, 5.74) is 1.69. The molecule has 0 aliphatic carbocycles. The van der Waals surface area contributed by atoms with Crippen molar-refractivity contribution in [1.82, 2.24) is 0 Å². The van der Waals surface area contributed by atoms with Crippen LogP contribution in [0.2, 0.25) is 0 Å². The highest BCUT2D eigenvalue weighted by Gasteiger charge is 2.31. The number of carbonyl (C=O) groups excluding carboxylic acids is 2. The molecule has 1 atom stereocenters. The first kappa shape index (κ1) is 22.6. The van der Waals surface area contributed by atoms with Gasteiger partial charge in [-0.2, -0.15) is 0 Å². The molecule has 0 radical (unpaired) electrons. The van der Waals surface area contributed by atoms with E-state index in [1.807, 2.05) is 0 Å². The third kappa shape index (κ3) is 5.16. The van der Waals surface area contributed by atoms with Crippen LogP contribution in [0, 0.1) is 0 Å². The average molecular weight is 446 g/mol. The van der Waals surface area contributed by atoms with Crippen molar-refractivity contribution >= 4 is 38.9 Å². The molecule has 1 N–H and O–H groups in total. The van der Waals surface area contributed by atoms with Crippen LogP contribution in [0.5, 0.6) is 5.75 Å². The number of sulfonamides is 1. The van der Waals surface area contributed by atoms with Gasteiger partial charge in [0.1, 0.15) is 11.8 Å². The van der Waals surface area contributed by atoms with Crippen LogP contribution in [0.25, 0.3) is 0 Å². The highest BCUT2D eigenvalue weighted by atomic mass is 32.2. The van der Waals surface area contributed by atoms with Crippen molar-refractivity contribution in [3.63, 3.8) is 0 Å². The van der Waals surface area contributed by atoms with Crippen LogP contribution in [-0.4, -0.2) is 46.2 Å². The maximum Gasteiger partial charge on any atom is 0.248 e. The van der Waals surface area contributed by atoms with E-state index in [1.165, 1.54) is 7.11 Å². The lowest BCUT2D eigenvalue weighted by atomic mass is 10.1. The van der Waals surface area contributed by atoms with Gasteiger partial charge in [-0.3, -0.25) is 13.9 Å². The molecule has 31 heavy (non-hydrogen) atoms. The minimum atomic E-state index is -3.72. The first-order valence-corrected chi connectivity index (χ1v) is 11.9. The second kappa shape index (κ2) is 9.38. The number of amides is 2. The molecule has 3 rings (SSSR count). The van der Waals surface area contributed by atoms with Gasteiger partial charge >= 0.3 is 0 Å². The molecule has 1 aliphatic rings. The van der Waals surface area contributed by atoms with Crippen LogP contribution in [0.1, 0.15) is 26.2 Å². The molecule has 1 saturated heterocycles. The zero-order valence-electron chi connectivity index (χ0n) is 17.9. The quantitative estimate of drug-likeness (QED) is 0.674. The normalized spacial score (nSPS) is 14.9. The first-order chi connectivity index (χ1) is 14.7. The van der Waals surface area contributed by atoms with Gasteiger partial charge in [-0.15, -0.1) is 0 Å². The Kier molecular flexibility index (Phi) is 6.84. The number of benzene rings is 2. The molecular weight excluding hydrogens is 418 g/mol. The van der Waals surface area contributed by atoms with Crippen molar-refractivity contribution in [2.24, 2.45) is 0 Å². The number of carbonyl (C=O) groups is 2. The van der Waals surface area contributed by atoms with E-state index in [9.17, 15) is 18.0 Å². The third-order valence-corrected chi connectivity index (χ3v) is 6.36. The summed E-state index contributed by atoms with van der Waals surface area (Å²) in [6.45, 7) is 2.45. The fourth-order valence-corrected chi connectivity index (χ4v) is 4.87. The molecule has 2 aromatic carbocycles. The number of hydrogen-bond donors (Lipinski definition) is 1. The summed E-state index contributed by atoms with van der Waals surface area (Å²) in [5.74, 6) is 0.242. The van der Waals surface area contributed by atoms with E-state index in [4.69, 9.17) is 4.74 Å². The summed E-state index contributed by atoms with van der Waals surface area (Å²) in [6.07, 6.45) is 2.74. The van der Waals surface area contributed by atoms with E-state index < -0.39 is 22.0 Å². The lowest BCUT2D eigenvalue weighted by Gasteiger charge is -2.30.